The minimum Gasteiger partial charge on any atom is -0.497 e. The van der Waals surface area contributed by atoms with Crippen molar-refractivity contribution in [1.29, 1.82) is 0 Å². The van der Waals surface area contributed by atoms with Crippen molar-refractivity contribution < 1.29 is 22.4 Å². The lowest BCUT2D eigenvalue weighted by Gasteiger charge is -2.36. The summed E-state index contributed by atoms with van der Waals surface area (Å²) in [6.07, 6.45) is 5.24. The van der Waals surface area contributed by atoms with Crippen LogP contribution < -0.4 is 9.46 Å². The molecule has 1 aromatic heterocycles. The van der Waals surface area contributed by atoms with E-state index in [0.717, 1.165) is 26.2 Å². The zero-order chi connectivity index (χ0) is 25.7. The topological polar surface area (TPSA) is 108 Å². The Balaban J connectivity index is 1.28. The van der Waals surface area contributed by atoms with Crippen LogP contribution in [0.1, 0.15) is 46.8 Å². The summed E-state index contributed by atoms with van der Waals surface area (Å²) in [5.41, 5.74) is 1.36. The zero-order valence-corrected chi connectivity index (χ0v) is 22.3. The number of hydrogen-bond donors (Lipinski definition) is 1. The molecule has 1 N–H and O–H groups in total. The van der Waals surface area contributed by atoms with Gasteiger partial charge in [0, 0.05) is 39.3 Å². The standard InChI is InChI=1S/C25H37N5O5S/c1-19-15-21(34-3)16-20(2)24(19)36(32,33)26-17-23-27-22(18-35-23)25(31)30-13-11-29(12-14-30)10-9-28-7-5-4-6-8-28/h15-16,18,26H,4-14,17H2,1-3H3. The monoisotopic (exact) mass is 519 g/mol. The first-order chi connectivity index (χ1) is 17.3. The Bertz CT molecular complexity index is 1130. The summed E-state index contributed by atoms with van der Waals surface area (Å²) in [7, 11) is -2.27. The molecule has 2 aliphatic heterocycles. The molecule has 0 atom stereocenters. The summed E-state index contributed by atoms with van der Waals surface area (Å²) in [6, 6.07) is 3.35. The third-order valence-electron chi connectivity index (χ3n) is 6.96. The number of ether oxygens (including phenoxy) is 1. The van der Waals surface area contributed by atoms with Crippen LogP contribution in [-0.4, -0.2) is 93.5 Å². The number of nitrogens with zero attached hydrogens (tertiary/aromatic N) is 4. The lowest BCUT2D eigenvalue weighted by Crippen LogP contribution is -2.50. The number of oxazole rings is 1. The Morgan fingerprint density at radius 1 is 1.00 bits per heavy atom. The third-order valence-corrected chi connectivity index (χ3v) is 8.67. The lowest BCUT2D eigenvalue weighted by atomic mass is 10.1. The van der Waals surface area contributed by atoms with Crippen LogP contribution in [0, 0.1) is 13.8 Å². The molecule has 0 spiro atoms. The van der Waals surface area contributed by atoms with Crippen LogP contribution in [0.5, 0.6) is 5.75 Å². The maximum atomic E-state index is 12.9. The van der Waals surface area contributed by atoms with E-state index in [0.29, 0.717) is 30.0 Å². The first-order valence-electron chi connectivity index (χ1n) is 12.6. The first-order valence-corrected chi connectivity index (χ1v) is 14.1. The number of nitrogens with one attached hydrogen (secondary N) is 1. The summed E-state index contributed by atoms with van der Waals surface area (Å²) >= 11 is 0. The Morgan fingerprint density at radius 2 is 1.61 bits per heavy atom. The number of carbonyl (C=O) groups is 1. The second kappa shape index (κ2) is 11.7. The summed E-state index contributed by atoms with van der Waals surface area (Å²) in [6.45, 7) is 10.8. The smallest absolute Gasteiger partial charge is 0.275 e. The van der Waals surface area contributed by atoms with Gasteiger partial charge >= 0.3 is 0 Å². The molecular formula is C25H37N5O5S. The van der Waals surface area contributed by atoms with Crippen LogP contribution >= 0.6 is 0 Å². The summed E-state index contributed by atoms with van der Waals surface area (Å²) in [4.78, 5) is 24.1. The summed E-state index contributed by atoms with van der Waals surface area (Å²) in [5.74, 6) is 0.555. The molecule has 0 saturated carbocycles. The molecule has 2 aliphatic rings. The van der Waals surface area contributed by atoms with Gasteiger partial charge in [0.2, 0.25) is 15.9 Å². The molecule has 11 heteroatoms. The van der Waals surface area contributed by atoms with Gasteiger partial charge < -0.3 is 19.0 Å². The Labute approximate surface area is 213 Å². The average molecular weight is 520 g/mol. The number of rotatable bonds is 9. The predicted molar refractivity (Wildman–Crippen MR) is 136 cm³/mol. The van der Waals surface area contributed by atoms with Crippen LogP contribution in [-0.2, 0) is 16.6 Å². The molecule has 2 aromatic rings. The van der Waals surface area contributed by atoms with Gasteiger partial charge in [0.25, 0.3) is 5.91 Å². The van der Waals surface area contributed by atoms with Gasteiger partial charge in [0.1, 0.15) is 12.0 Å². The van der Waals surface area contributed by atoms with E-state index in [2.05, 4.69) is 19.5 Å². The van der Waals surface area contributed by atoms with E-state index in [4.69, 9.17) is 9.15 Å². The molecule has 3 heterocycles. The quantitative estimate of drug-likeness (QED) is 0.536. The molecule has 10 nitrogen and oxygen atoms in total. The third kappa shape index (κ3) is 6.44. The molecule has 198 valence electrons. The van der Waals surface area contributed by atoms with Crippen molar-refractivity contribution in [3.63, 3.8) is 0 Å². The molecular weight excluding hydrogens is 482 g/mol. The Morgan fingerprint density at radius 3 is 2.22 bits per heavy atom. The van der Waals surface area contributed by atoms with Crippen molar-refractivity contribution in [3.05, 3.63) is 41.1 Å². The molecule has 0 radical (unpaired) electrons. The highest BCUT2D eigenvalue weighted by Crippen LogP contribution is 2.25. The number of amides is 1. The molecule has 1 amide bonds. The van der Waals surface area contributed by atoms with Gasteiger partial charge in [-0.25, -0.2) is 18.1 Å². The highest BCUT2D eigenvalue weighted by molar-refractivity contribution is 7.89. The minimum absolute atomic E-state index is 0.144. The number of carbonyl (C=O) groups excluding carboxylic acids is 1. The number of aromatic nitrogens is 1. The number of piperidine rings is 1. The SMILES string of the molecule is COc1cc(C)c(S(=O)(=O)NCc2nc(C(=O)N3CCN(CCN4CCCCC4)CC3)co2)c(C)c1. The van der Waals surface area contributed by atoms with Crippen molar-refractivity contribution in [2.24, 2.45) is 0 Å². The van der Waals surface area contributed by atoms with Crippen molar-refractivity contribution in [1.82, 2.24) is 24.4 Å². The molecule has 2 fully saturated rings. The van der Waals surface area contributed by atoms with E-state index < -0.39 is 10.0 Å². The van der Waals surface area contributed by atoms with E-state index >= 15 is 0 Å². The van der Waals surface area contributed by atoms with Crippen LogP contribution in [0.4, 0.5) is 0 Å². The molecule has 0 bridgehead atoms. The number of methoxy groups -OCH3 is 1. The number of likely N-dealkylation sites (tertiary alicyclic amines) is 1. The van der Waals surface area contributed by atoms with Gasteiger partial charge in [-0.15, -0.1) is 0 Å². The molecule has 4 rings (SSSR count). The molecule has 2 saturated heterocycles. The second-order valence-corrected chi connectivity index (χ2v) is 11.3. The van der Waals surface area contributed by atoms with Crippen molar-refractivity contribution in [2.45, 2.75) is 44.6 Å². The number of hydrogen-bond acceptors (Lipinski definition) is 8. The van der Waals surface area contributed by atoms with Crippen molar-refractivity contribution >= 4 is 15.9 Å². The fourth-order valence-electron chi connectivity index (χ4n) is 4.97. The Hall–Kier alpha value is -2.47. The number of benzene rings is 1. The van der Waals surface area contributed by atoms with E-state index in [9.17, 15) is 13.2 Å². The number of aryl methyl sites for hydroxylation is 2. The first kappa shape index (κ1) is 26.6. The van der Waals surface area contributed by atoms with Crippen molar-refractivity contribution in [3.8, 4) is 5.75 Å². The fraction of sp³-hybridized carbons (Fsp3) is 0.600. The van der Waals surface area contributed by atoms with Gasteiger partial charge in [0.05, 0.1) is 18.6 Å². The van der Waals surface area contributed by atoms with E-state index in [-0.39, 0.29) is 28.9 Å². The van der Waals surface area contributed by atoms with Crippen molar-refractivity contribution in [2.75, 3.05) is 59.5 Å². The van der Waals surface area contributed by atoms with Gasteiger partial charge in [0.15, 0.2) is 5.69 Å². The van der Waals surface area contributed by atoms with Gasteiger partial charge in [-0.05, 0) is 63.0 Å². The minimum atomic E-state index is -3.81. The lowest BCUT2D eigenvalue weighted by molar-refractivity contribution is 0.0613. The van der Waals surface area contributed by atoms with E-state index in [1.807, 2.05) is 0 Å². The zero-order valence-electron chi connectivity index (χ0n) is 21.5. The summed E-state index contributed by atoms with van der Waals surface area (Å²) < 4.78 is 39.0. The van der Waals surface area contributed by atoms with Gasteiger partial charge in [-0.1, -0.05) is 6.42 Å². The average Bonchev–Trinajstić information content (AvgIpc) is 3.35. The van der Waals surface area contributed by atoms with Crippen LogP contribution in [0.15, 0.2) is 27.7 Å². The number of sulfonamides is 1. The highest BCUT2D eigenvalue weighted by atomic mass is 32.2. The van der Waals surface area contributed by atoms with Gasteiger partial charge in [-0.2, -0.15) is 0 Å². The normalized spacial score (nSPS) is 17.9. The van der Waals surface area contributed by atoms with Crippen LogP contribution in [0.25, 0.3) is 0 Å². The fourth-order valence-corrected chi connectivity index (χ4v) is 6.40. The van der Waals surface area contributed by atoms with Crippen LogP contribution in [0.3, 0.4) is 0 Å². The maximum absolute atomic E-state index is 12.9. The number of piperazine rings is 1. The second-order valence-electron chi connectivity index (χ2n) is 9.58. The van der Waals surface area contributed by atoms with E-state index in [1.54, 1.807) is 38.0 Å². The van der Waals surface area contributed by atoms with E-state index in [1.165, 1.54) is 38.6 Å². The molecule has 36 heavy (non-hydrogen) atoms. The highest BCUT2D eigenvalue weighted by Gasteiger charge is 2.26. The Kier molecular flexibility index (Phi) is 8.66. The maximum Gasteiger partial charge on any atom is 0.275 e. The van der Waals surface area contributed by atoms with Gasteiger partial charge in [-0.3, -0.25) is 9.69 Å². The largest absolute Gasteiger partial charge is 0.497 e. The molecule has 1 aromatic carbocycles. The molecule has 0 aliphatic carbocycles. The molecule has 0 unspecified atom stereocenters. The van der Waals surface area contributed by atoms with Crippen LogP contribution in [0.2, 0.25) is 0 Å². The summed E-state index contributed by atoms with van der Waals surface area (Å²) in [5, 5.41) is 0. The predicted octanol–water partition coefficient (Wildman–Crippen LogP) is 2.02.